The molecule has 3 rings (SSSR count). The second-order valence-electron chi connectivity index (χ2n) is 5.11. The number of amides is 1. The predicted octanol–water partition coefficient (Wildman–Crippen LogP) is 3.14. The SMILES string of the molecule is C/C(=C/c1ccccc1)C(=O)NCc1ccc2c(c1)OCO2. The van der Waals surface area contributed by atoms with Gasteiger partial charge < -0.3 is 14.8 Å². The molecule has 2 aromatic carbocycles. The molecule has 0 radical (unpaired) electrons. The van der Waals surface area contributed by atoms with E-state index in [1.54, 1.807) is 0 Å². The van der Waals surface area contributed by atoms with E-state index in [9.17, 15) is 4.79 Å². The van der Waals surface area contributed by atoms with E-state index in [0.717, 1.165) is 22.6 Å². The molecule has 22 heavy (non-hydrogen) atoms. The molecule has 1 aliphatic rings. The van der Waals surface area contributed by atoms with Crippen LogP contribution in [0, 0.1) is 0 Å². The van der Waals surface area contributed by atoms with Crippen LogP contribution in [0.5, 0.6) is 11.5 Å². The normalized spacial score (nSPS) is 13.0. The predicted molar refractivity (Wildman–Crippen MR) is 84.5 cm³/mol. The van der Waals surface area contributed by atoms with Gasteiger partial charge in [0.2, 0.25) is 12.7 Å². The van der Waals surface area contributed by atoms with E-state index in [1.807, 2.05) is 61.5 Å². The second kappa shape index (κ2) is 6.35. The van der Waals surface area contributed by atoms with Crippen LogP contribution in [0.4, 0.5) is 0 Å². The van der Waals surface area contributed by atoms with Gasteiger partial charge in [0.1, 0.15) is 0 Å². The van der Waals surface area contributed by atoms with Gasteiger partial charge in [-0.2, -0.15) is 0 Å². The highest BCUT2D eigenvalue weighted by molar-refractivity contribution is 5.97. The minimum atomic E-state index is -0.0819. The molecule has 0 atom stereocenters. The summed E-state index contributed by atoms with van der Waals surface area (Å²) in [6.45, 7) is 2.52. The zero-order valence-electron chi connectivity index (χ0n) is 12.3. The fraction of sp³-hybridized carbons (Fsp3) is 0.167. The average Bonchev–Trinajstić information content (AvgIpc) is 3.01. The molecule has 0 fully saturated rings. The van der Waals surface area contributed by atoms with Crippen LogP contribution >= 0.6 is 0 Å². The topological polar surface area (TPSA) is 47.6 Å². The zero-order chi connectivity index (χ0) is 15.4. The first kappa shape index (κ1) is 14.2. The average molecular weight is 295 g/mol. The van der Waals surface area contributed by atoms with Gasteiger partial charge >= 0.3 is 0 Å². The fourth-order valence-electron chi connectivity index (χ4n) is 2.24. The van der Waals surface area contributed by atoms with Crippen molar-refractivity contribution in [3.05, 3.63) is 65.2 Å². The molecule has 1 amide bonds. The number of nitrogens with one attached hydrogen (secondary N) is 1. The molecular weight excluding hydrogens is 278 g/mol. The van der Waals surface area contributed by atoms with Crippen molar-refractivity contribution >= 4 is 12.0 Å². The number of carbonyl (C=O) groups excluding carboxylic acids is 1. The summed E-state index contributed by atoms with van der Waals surface area (Å²) in [4.78, 5) is 12.1. The minimum absolute atomic E-state index is 0.0819. The van der Waals surface area contributed by atoms with E-state index >= 15 is 0 Å². The van der Waals surface area contributed by atoms with Gasteiger partial charge in [-0.3, -0.25) is 4.79 Å². The van der Waals surface area contributed by atoms with Crippen LogP contribution in [0.1, 0.15) is 18.1 Å². The third kappa shape index (κ3) is 3.28. The summed E-state index contributed by atoms with van der Waals surface area (Å²) in [6.07, 6.45) is 1.87. The Balaban J connectivity index is 1.61. The quantitative estimate of drug-likeness (QED) is 0.882. The number of hydrogen-bond donors (Lipinski definition) is 1. The van der Waals surface area contributed by atoms with Crippen molar-refractivity contribution in [3.63, 3.8) is 0 Å². The Morgan fingerprint density at radius 2 is 1.91 bits per heavy atom. The van der Waals surface area contributed by atoms with Crippen LogP contribution in [0.3, 0.4) is 0 Å². The van der Waals surface area contributed by atoms with Crippen LogP contribution in [0.25, 0.3) is 6.08 Å². The third-order valence-corrected chi connectivity index (χ3v) is 3.43. The molecule has 0 saturated carbocycles. The summed E-state index contributed by atoms with van der Waals surface area (Å²) in [5, 5.41) is 2.91. The summed E-state index contributed by atoms with van der Waals surface area (Å²) in [6, 6.07) is 15.4. The maximum absolute atomic E-state index is 12.1. The highest BCUT2D eigenvalue weighted by atomic mass is 16.7. The van der Waals surface area contributed by atoms with Crippen molar-refractivity contribution in [3.8, 4) is 11.5 Å². The minimum Gasteiger partial charge on any atom is -0.454 e. The third-order valence-electron chi connectivity index (χ3n) is 3.43. The van der Waals surface area contributed by atoms with Crippen LogP contribution in [-0.2, 0) is 11.3 Å². The van der Waals surface area contributed by atoms with Gasteiger partial charge in [-0.25, -0.2) is 0 Å². The van der Waals surface area contributed by atoms with Gasteiger partial charge in [0.05, 0.1) is 0 Å². The molecule has 1 aliphatic heterocycles. The number of benzene rings is 2. The lowest BCUT2D eigenvalue weighted by atomic mass is 10.1. The molecule has 0 unspecified atom stereocenters. The largest absolute Gasteiger partial charge is 0.454 e. The molecular formula is C18H17NO3. The van der Waals surface area contributed by atoms with Crippen LogP contribution in [0.15, 0.2) is 54.1 Å². The molecule has 0 spiro atoms. The Morgan fingerprint density at radius 3 is 2.73 bits per heavy atom. The Bertz CT molecular complexity index is 708. The lowest BCUT2D eigenvalue weighted by Gasteiger charge is -2.07. The molecule has 2 aromatic rings. The lowest BCUT2D eigenvalue weighted by Crippen LogP contribution is -2.23. The van der Waals surface area contributed by atoms with Crippen LogP contribution in [0.2, 0.25) is 0 Å². The van der Waals surface area contributed by atoms with Crippen molar-refractivity contribution in [2.24, 2.45) is 0 Å². The van der Waals surface area contributed by atoms with Crippen LogP contribution in [-0.4, -0.2) is 12.7 Å². The van der Waals surface area contributed by atoms with E-state index in [1.165, 1.54) is 0 Å². The summed E-state index contributed by atoms with van der Waals surface area (Å²) < 4.78 is 10.6. The molecule has 1 heterocycles. The summed E-state index contributed by atoms with van der Waals surface area (Å²) in [5.74, 6) is 1.39. The molecule has 0 bridgehead atoms. The van der Waals surface area contributed by atoms with Gasteiger partial charge in [-0.1, -0.05) is 36.4 Å². The summed E-state index contributed by atoms with van der Waals surface area (Å²) in [7, 11) is 0. The Labute approximate surface area is 129 Å². The number of ether oxygens (including phenoxy) is 2. The molecule has 112 valence electrons. The smallest absolute Gasteiger partial charge is 0.247 e. The zero-order valence-corrected chi connectivity index (χ0v) is 12.3. The van der Waals surface area contributed by atoms with Gasteiger partial charge in [0, 0.05) is 12.1 Å². The maximum atomic E-state index is 12.1. The van der Waals surface area contributed by atoms with Crippen molar-refractivity contribution in [1.82, 2.24) is 5.32 Å². The number of rotatable bonds is 4. The van der Waals surface area contributed by atoms with Crippen molar-refractivity contribution < 1.29 is 14.3 Å². The van der Waals surface area contributed by atoms with Gasteiger partial charge in [0.15, 0.2) is 11.5 Å². The fourth-order valence-corrected chi connectivity index (χ4v) is 2.24. The molecule has 4 heteroatoms. The molecule has 1 N–H and O–H groups in total. The number of hydrogen-bond acceptors (Lipinski definition) is 3. The van der Waals surface area contributed by atoms with Crippen molar-refractivity contribution in [2.45, 2.75) is 13.5 Å². The van der Waals surface area contributed by atoms with E-state index in [-0.39, 0.29) is 12.7 Å². The number of fused-ring (bicyclic) bond motifs is 1. The monoisotopic (exact) mass is 295 g/mol. The first-order valence-electron chi connectivity index (χ1n) is 7.12. The van der Waals surface area contributed by atoms with E-state index in [2.05, 4.69) is 5.32 Å². The van der Waals surface area contributed by atoms with Gasteiger partial charge in [-0.05, 0) is 36.3 Å². The summed E-state index contributed by atoms with van der Waals surface area (Å²) in [5.41, 5.74) is 2.66. The molecule has 0 saturated heterocycles. The highest BCUT2D eigenvalue weighted by Gasteiger charge is 2.13. The number of carbonyl (C=O) groups is 1. The van der Waals surface area contributed by atoms with Gasteiger partial charge in [-0.15, -0.1) is 0 Å². The Morgan fingerprint density at radius 1 is 1.14 bits per heavy atom. The summed E-state index contributed by atoms with van der Waals surface area (Å²) >= 11 is 0. The Kier molecular flexibility index (Phi) is 4.10. The van der Waals surface area contributed by atoms with Crippen LogP contribution < -0.4 is 14.8 Å². The molecule has 0 aromatic heterocycles. The second-order valence-corrected chi connectivity index (χ2v) is 5.11. The Hall–Kier alpha value is -2.75. The van der Waals surface area contributed by atoms with E-state index < -0.39 is 0 Å². The van der Waals surface area contributed by atoms with E-state index in [0.29, 0.717) is 12.1 Å². The van der Waals surface area contributed by atoms with E-state index in [4.69, 9.17) is 9.47 Å². The molecule has 4 nitrogen and oxygen atoms in total. The molecule has 0 aliphatic carbocycles. The standard InChI is InChI=1S/C18H17NO3/c1-13(9-14-5-3-2-4-6-14)18(20)19-11-15-7-8-16-17(10-15)22-12-21-16/h2-10H,11-12H2,1H3,(H,19,20)/b13-9-. The first-order valence-corrected chi connectivity index (χ1v) is 7.12. The lowest BCUT2D eigenvalue weighted by molar-refractivity contribution is -0.117. The van der Waals surface area contributed by atoms with Gasteiger partial charge in [0.25, 0.3) is 0 Å². The first-order chi connectivity index (χ1) is 10.7. The maximum Gasteiger partial charge on any atom is 0.247 e. The van der Waals surface area contributed by atoms with Crippen molar-refractivity contribution in [2.75, 3.05) is 6.79 Å². The highest BCUT2D eigenvalue weighted by Crippen LogP contribution is 2.32. The van der Waals surface area contributed by atoms with Crippen molar-refractivity contribution in [1.29, 1.82) is 0 Å².